The van der Waals surface area contributed by atoms with E-state index in [2.05, 4.69) is 25.3 Å². The Morgan fingerprint density at radius 3 is 3.00 bits per heavy atom. The molecule has 2 aromatic rings. The monoisotopic (exact) mass is 316 g/mol. The van der Waals surface area contributed by atoms with E-state index in [1.54, 1.807) is 36.4 Å². The highest BCUT2D eigenvalue weighted by molar-refractivity contribution is 5.92. The number of methoxy groups -OCH3 is 1. The number of hydrogen-bond acceptors (Lipinski definition) is 6. The zero-order chi connectivity index (χ0) is 16.2. The molecule has 8 nitrogen and oxygen atoms in total. The second-order valence-corrected chi connectivity index (χ2v) is 5.33. The largest absolute Gasteiger partial charge is 0.478 e. The molecule has 1 fully saturated rings. The third-order valence-corrected chi connectivity index (χ3v) is 3.91. The molecule has 3 rings (SSSR count). The maximum atomic E-state index is 12.4. The van der Waals surface area contributed by atoms with Gasteiger partial charge in [-0.15, -0.1) is 0 Å². The number of amides is 1. The Labute approximate surface area is 134 Å². The van der Waals surface area contributed by atoms with Gasteiger partial charge in [0, 0.05) is 44.3 Å². The molecule has 0 aliphatic carbocycles. The number of carbonyl (C=O) groups is 1. The lowest BCUT2D eigenvalue weighted by molar-refractivity contribution is 0.0929. The summed E-state index contributed by atoms with van der Waals surface area (Å²) < 4.78 is 6.94. The highest BCUT2D eigenvalue weighted by atomic mass is 16.5. The first-order valence-corrected chi connectivity index (χ1v) is 7.65. The van der Waals surface area contributed by atoms with E-state index in [-0.39, 0.29) is 11.9 Å². The smallest absolute Gasteiger partial charge is 0.269 e. The summed E-state index contributed by atoms with van der Waals surface area (Å²) in [7, 11) is 1.58. The second kappa shape index (κ2) is 6.64. The van der Waals surface area contributed by atoms with Crippen LogP contribution in [0.3, 0.4) is 0 Å². The Balaban J connectivity index is 1.65. The molecule has 1 atom stereocenters. The van der Waals surface area contributed by atoms with E-state index in [1.165, 1.54) is 0 Å². The number of rotatable bonds is 5. The number of ether oxygens (including phenoxy) is 1. The van der Waals surface area contributed by atoms with E-state index < -0.39 is 0 Å². The van der Waals surface area contributed by atoms with Crippen LogP contribution in [0.1, 0.15) is 23.8 Å². The molecule has 1 saturated heterocycles. The van der Waals surface area contributed by atoms with Gasteiger partial charge in [-0.25, -0.2) is 9.97 Å². The Hall–Kier alpha value is -2.64. The molecule has 1 aliphatic rings. The fraction of sp³-hybridized carbons (Fsp3) is 0.467. The molecule has 1 N–H and O–H groups in total. The molecular formula is C15H20N6O2. The third-order valence-electron chi connectivity index (χ3n) is 3.91. The fourth-order valence-corrected chi connectivity index (χ4v) is 2.79. The van der Waals surface area contributed by atoms with Crippen molar-refractivity contribution in [2.75, 3.05) is 25.1 Å². The van der Waals surface area contributed by atoms with E-state index in [1.807, 2.05) is 6.92 Å². The Kier molecular flexibility index (Phi) is 4.40. The van der Waals surface area contributed by atoms with Gasteiger partial charge in [0.15, 0.2) is 5.82 Å². The van der Waals surface area contributed by atoms with Crippen LogP contribution < -0.4 is 15.0 Å². The quantitative estimate of drug-likeness (QED) is 0.874. The highest BCUT2D eigenvalue weighted by Gasteiger charge is 2.28. The summed E-state index contributed by atoms with van der Waals surface area (Å²) in [6.45, 7) is 4.11. The minimum absolute atomic E-state index is 0.0643. The molecule has 0 aromatic carbocycles. The van der Waals surface area contributed by atoms with Gasteiger partial charge in [-0.3, -0.25) is 9.48 Å². The van der Waals surface area contributed by atoms with Gasteiger partial charge in [0.1, 0.15) is 5.69 Å². The molecule has 1 aliphatic heterocycles. The standard InChI is InChI=1S/C15H20N6O2/c1-3-21-12(4-6-18-21)14(22)19-11-5-9-20(10-11)13-15(23-2)17-8-7-16-13/h4,6-8,11H,3,5,9-10H2,1-2H3,(H,19,22)/t11-/m1/s1. The molecule has 0 radical (unpaired) electrons. The van der Waals surface area contributed by atoms with Crippen LogP contribution in [0.5, 0.6) is 5.88 Å². The summed E-state index contributed by atoms with van der Waals surface area (Å²) in [4.78, 5) is 22.9. The van der Waals surface area contributed by atoms with Crippen LogP contribution in [0.4, 0.5) is 5.82 Å². The molecule has 2 aromatic heterocycles. The van der Waals surface area contributed by atoms with Crippen molar-refractivity contribution in [3.05, 3.63) is 30.4 Å². The number of nitrogens with zero attached hydrogens (tertiary/aromatic N) is 5. The van der Waals surface area contributed by atoms with E-state index in [4.69, 9.17) is 4.74 Å². The first kappa shape index (κ1) is 15.3. The number of aromatic nitrogens is 4. The molecule has 0 bridgehead atoms. The Morgan fingerprint density at radius 1 is 1.39 bits per heavy atom. The van der Waals surface area contributed by atoms with Gasteiger partial charge in [-0.1, -0.05) is 0 Å². The molecule has 8 heteroatoms. The van der Waals surface area contributed by atoms with Gasteiger partial charge in [0.2, 0.25) is 0 Å². The highest BCUT2D eigenvalue weighted by Crippen LogP contribution is 2.25. The molecule has 0 saturated carbocycles. The number of aryl methyl sites for hydroxylation is 1. The summed E-state index contributed by atoms with van der Waals surface area (Å²) in [6.07, 6.45) is 5.74. The molecular weight excluding hydrogens is 296 g/mol. The molecule has 1 amide bonds. The van der Waals surface area contributed by atoms with Crippen LogP contribution in [0.15, 0.2) is 24.7 Å². The lowest BCUT2D eigenvalue weighted by Gasteiger charge is -2.19. The fourth-order valence-electron chi connectivity index (χ4n) is 2.79. The SMILES string of the molecule is CCn1nccc1C(=O)N[C@@H]1CCN(c2nccnc2OC)C1. The van der Waals surface area contributed by atoms with Gasteiger partial charge in [-0.2, -0.15) is 5.10 Å². The zero-order valence-electron chi connectivity index (χ0n) is 13.3. The maximum absolute atomic E-state index is 12.4. The summed E-state index contributed by atoms with van der Waals surface area (Å²) in [5, 5.41) is 7.19. The van der Waals surface area contributed by atoms with Crippen LogP contribution in [0.25, 0.3) is 0 Å². The van der Waals surface area contributed by atoms with Crippen LogP contribution in [-0.2, 0) is 6.54 Å². The first-order chi connectivity index (χ1) is 11.2. The van der Waals surface area contributed by atoms with Crippen molar-refractivity contribution in [2.24, 2.45) is 0 Å². The van der Waals surface area contributed by atoms with E-state index in [0.717, 1.165) is 13.0 Å². The summed E-state index contributed by atoms with van der Waals surface area (Å²) >= 11 is 0. The molecule has 122 valence electrons. The average Bonchev–Trinajstić information content (AvgIpc) is 3.23. The van der Waals surface area contributed by atoms with E-state index >= 15 is 0 Å². The molecule has 3 heterocycles. The number of carbonyl (C=O) groups excluding carboxylic acids is 1. The first-order valence-electron chi connectivity index (χ1n) is 7.65. The topological polar surface area (TPSA) is 85.2 Å². The van der Waals surface area contributed by atoms with Crippen molar-refractivity contribution in [3.8, 4) is 5.88 Å². The molecule has 0 spiro atoms. The summed E-state index contributed by atoms with van der Waals surface area (Å²) in [6, 6.07) is 1.80. The van der Waals surface area contributed by atoms with Crippen LogP contribution in [0, 0.1) is 0 Å². The normalized spacial score (nSPS) is 17.3. The predicted octanol–water partition coefficient (Wildman–Crippen LogP) is 0.710. The summed E-state index contributed by atoms with van der Waals surface area (Å²) in [5.74, 6) is 1.12. The Bertz CT molecular complexity index is 686. The molecule has 23 heavy (non-hydrogen) atoms. The maximum Gasteiger partial charge on any atom is 0.269 e. The zero-order valence-corrected chi connectivity index (χ0v) is 13.3. The van der Waals surface area contributed by atoms with Crippen molar-refractivity contribution >= 4 is 11.7 Å². The van der Waals surface area contributed by atoms with Crippen LogP contribution in [0.2, 0.25) is 0 Å². The average molecular weight is 316 g/mol. The van der Waals surface area contributed by atoms with E-state index in [9.17, 15) is 4.79 Å². The number of nitrogens with one attached hydrogen (secondary N) is 1. The van der Waals surface area contributed by atoms with Crippen molar-refractivity contribution < 1.29 is 9.53 Å². The van der Waals surface area contributed by atoms with Gasteiger partial charge in [0.25, 0.3) is 11.8 Å². The van der Waals surface area contributed by atoms with Gasteiger partial charge < -0.3 is 15.0 Å². The molecule has 0 unspecified atom stereocenters. The number of hydrogen-bond donors (Lipinski definition) is 1. The summed E-state index contributed by atoms with van der Waals surface area (Å²) in [5.41, 5.74) is 0.586. The van der Waals surface area contributed by atoms with Crippen molar-refractivity contribution in [3.63, 3.8) is 0 Å². The van der Waals surface area contributed by atoms with Crippen molar-refractivity contribution in [1.82, 2.24) is 25.1 Å². The van der Waals surface area contributed by atoms with Crippen molar-refractivity contribution in [2.45, 2.75) is 25.9 Å². The number of anilines is 1. The second-order valence-electron chi connectivity index (χ2n) is 5.33. The predicted molar refractivity (Wildman–Crippen MR) is 84.6 cm³/mol. The van der Waals surface area contributed by atoms with Gasteiger partial charge >= 0.3 is 0 Å². The Morgan fingerprint density at radius 2 is 2.22 bits per heavy atom. The van der Waals surface area contributed by atoms with Crippen molar-refractivity contribution in [1.29, 1.82) is 0 Å². The van der Waals surface area contributed by atoms with Gasteiger partial charge in [-0.05, 0) is 19.4 Å². The van der Waals surface area contributed by atoms with Crippen LogP contribution in [-0.4, -0.2) is 51.9 Å². The minimum atomic E-state index is -0.0951. The van der Waals surface area contributed by atoms with Gasteiger partial charge in [0.05, 0.1) is 7.11 Å². The van der Waals surface area contributed by atoms with E-state index in [0.29, 0.717) is 30.5 Å². The third kappa shape index (κ3) is 3.10. The lowest BCUT2D eigenvalue weighted by Crippen LogP contribution is -2.38. The lowest BCUT2D eigenvalue weighted by atomic mass is 10.2. The van der Waals surface area contributed by atoms with Crippen LogP contribution >= 0.6 is 0 Å². The minimum Gasteiger partial charge on any atom is -0.478 e.